The number of hydrogen-bond donors (Lipinski definition) is 1. The summed E-state index contributed by atoms with van der Waals surface area (Å²) < 4.78 is 39.8. The highest BCUT2D eigenvalue weighted by Crippen LogP contribution is 2.43. The van der Waals surface area contributed by atoms with Crippen molar-refractivity contribution in [2.75, 3.05) is 26.2 Å². The van der Waals surface area contributed by atoms with Gasteiger partial charge in [0.25, 0.3) is 0 Å². The Labute approximate surface area is 161 Å². The third-order valence-corrected chi connectivity index (χ3v) is 6.38. The highest BCUT2D eigenvalue weighted by Gasteiger charge is 2.47. The molecular weight excluding hydrogens is 371 g/mol. The molecule has 0 bridgehead atoms. The molecular formula is C20H24F3N3O2. The van der Waals surface area contributed by atoms with E-state index in [2.05, 4.69) is 5.32 Å². The van der Waals surface area contributed by atoms with Crippen LogP contribution in [0.2, 0.25) is 0 Å². The Kier molecular flexibility index (Phi) is 4.75. The predicted octanol–water partition coefficient (Wildman–Crippen LogP) is 3.14. The molecule has 2 heterocycles. The molecule has 3 fully saturated rings. The summed E-state index contributed by atoms with van der Waals surface area (Å²) in [7, 11) is 0. The maximum absolute atomic E-state index is 13.6. The van der Waals surface area contributed by atoms with Gasteiger partial charge in [-0.15, -0.1) is 0 Å². The van der Waals surface area contributed by atoms with Crippen molar-refractivity contribution in [1.29, 1.82) is 0 Å². The van der Waals surface area contributed by atoms with Gasteiger partial charge in [0.1, 0.15) is 0 Å². The standard InChI is InChI=1S/C20H24F3N3O2/c21-20(22,23)15-6-4-5-14(11-15)19(7-2-1-3-8-19)17(27)25-9-10-26-16(13-25)12-24-18(26)28/h4-6,11,16H,1-3,7-10,12-13H2,(H,24,28)/t16-/m0/s1. The van der Waals surface area contributed by atoms with E-state index in [-0.39, 0.29) is 18.0 Å². The van der Waals surface area contributed by atoms with Crippen LogP contribution in [-0.2, 0) is 16.4 Å². The molecule has 4 rings (SSSR count). The van der Waals surface area contributed by atoms with E-state index < -0.39 is 17.2 Å². The van der Waals surface area contributed by atoms with Crippen molar-refractivity contribution in [3.63, 3.8) is 0 Å². The van der Waals surface area contributed by atoms with E-state index in [0.29, 0.717) is 44.6 Å². The lowest BCUT2D eigenvalue weighted by molar-refractivity contribution is -0.142. The first kappa shape index (κ1) is 19.1. The monoisotopic (exact) mass is 395 g/mol. The van der Waals surface area contributed by atoms with E-state index in [9.17, 15) is 22.8 Å². The fourth-order valence-corrected chi connectivity index (χ4v) is 4.87. The van der Waals surface area contributed by atoms with Crippen molar-refractivity contribution < 1.29 is 22.8 Å². The van der Waals surface area contributed by atoms with Crippen LogP contribution in [0.15, 0.2) is 24.3 Å². The number of nitrogens with zero attached hydrogens (tertiary/aromatic N) is 2. The average molecular weight is 395 g/mol. The number of urea groups is 1. The average Bonchev–Trinajstić information content (AvgIpc) is 3.07. The number of amides is 3. The number of rotatable bonds is 2. The Morgan fingerprint density at radius 1 is 1.14 bits per heavy atom. The van der Waals surface area contributed by atoms with Crippen molar-refractivity contribution in [3.05, 3.63) is 35.4 Å². The molecule has 3 aliphatic rings. The summed E-state index contributed by atoms with van der Waals surface area (Å²) in [6, 6.07) is 5.10. The Morgan fingerprint density at radius 2 is 1.89 bits per heavy atom. The normalized spacial score (nSPS) is 24.7. The van der Waals surface area contributed by atoms with E-state index in [0.717, 1.165) is 31.4 Å². The summed E-state index contributed by atoms with van der Waals surface area (Å²) in [5.41, 5.74) is -1.15. The molecule has 5 nitrogen and oxygen atoms in total. The van der Waals surface area contributed by atoms with Crippen LogP contribution in [0.25, 0.3) is 0 Å². The van der Waals surface area contributed by atoms with Crippen molar-refractivity contribution in [1.82, 2.24) is 15.1 Å². The fourth-order valence-electron chi connectivity index (χ4n) is 4.87. The molecule has 1 aliphatic carbocycles. The molecule has 2 saturated heterocycles. The Morgan fingerprint density at radius 3 is 2.61 bits per heavy atom. The van der Waals surface area contributed by atoms with Crippen molar-refractivity contribution in [3.8, 4) is 0 Å². The molecule has 0 radical (unpaired) electrons. The minimum atomic E-state index is -4.43. The van der Waals surface area contributed by atoms with Gasteiger partial charge in [0.05, 0.1) is 17.0 Å². The molecule has 28 heavy (non-hydrogen) atoms. The Bertz CT molecular complexity index is 774. The van der Waals surface area contributed by atoms with Gasteiger partial charge in [-0.1, -0.05) is 37.5 Å². The number of halogens is 3. The van der Waals surface area contributed by atoms with Gasteiger partial charge < -0.3 is 15.1 Å². The lowest BCUT2D eigenvalue weighted by atomic mass is 9.68. The Hall–Kier alpha value is -2.25. The molecule has 1 aromatic carbocycles. The highest BCUT2D eigenvalue weighted by molar-refractivity contribution is 5.89. The number of carbonyl (C=O) groups excluding carboxylic acids is 2. The number of carbonyl (C=O) groups is 2. The molecule has 1 aromatic rings. The van der Waals surface area contributed by atoms with Crippen LogP contribution >= 0.6 is 0 Å². The summed E-state index contributed by atoms with van der Waals surface area (Å²) in [6.45, 7) is 1.81. The van der Waals surface area contributed by atoms with Crippen LogP contribution in [0, 0.1) is 0 Å². The number of piperazine rings is 1. The summed E-state index contributed by atoms with van der Waals surface area (Å²) in [6.07, 6.45) is -0.666. The molecule has 0 unspecified atom stereocenters. The van der Waals surface area contributed by atoms with Gasteiger partial charge in [-0.2, -0.15) is 13.2 Å². The molecule has 1 N–H and O–H groups in total. The molecule has 2 aliphatic heterocycles. The minimum absolute atomic E-state index is 0.0626. The van der Waals surface area contributed by atoms with Crippen LogP contribution in [0.5, 0.6) is 0 Å². The molecule has 3 amide bonds. The van der Waals surface area contributed by atoms with E-state index in [4.69, 9.17) is 0 Å². The molecule has 0 aromatic heterocycles. The third-order valence-electron chi connectivity index (χ3n) is 6.38. The second-order valence-electron chi connectivity index (χ2n) is 8.01. The van der Waals surface area contributed by atoms with Crippen LogP contribution < -0.4 is 5.32 Å². The van der Waals surface area contributed by atoms with Gasteiger partial charge in [0.2, 0.25) is 5.91 Å². The molecule has 8 heteroatoms. The van der Waals surface area contributed by atoms with E-state index in [1.54, 1.807) is 15.9 Å². The van der Waals surface area contributed by atoms with Gasteiger partial charge in [-0.3, -0.25) is 4.79 Å². The second-order valence-corrected chi connectivity index (χ2v) is 8.01. The first-order valence-corrected chi connectivity index (χ1v) is 9.83. The first-order chi connectivity index (χ1) is 13.3. The van der Waals surface area contributed by atoms with Crippen molar-refractivity contribution in [2.24, 2.45) is 0 Å². The van der Waals surface area contributed by atoms with Gasteiger partial charge in [0, 0.05) is 26.2 Å². The minimum Gasteiger partial charge on any atom is -0.338 e. The zero-order valence-electron chi connectivity index (χ0n) is 15.6. The van der Waals surface area contributed by atoms with E-state index in [1.165, 1.54) is 6.07 Å². The fraction of sp³-hybridized carbons (Fsp3) is 0.600. The molecule has 1 saturated carbocycles. The zero-order valence-corrected chi connectivity index (χ0v) is 15.6. The van der Waals surface area contributed by atoms with Gasteiger partial charge in [-0.25, -0.2) is 4.79 Å². The highest BCUT2D eigenvalue weighted by atomic mass is 19.4. The third kappa shape index (κ3) is 3.22. The summed E-state index contributed by atoms with van der Waals surface area (Å²) in [4.78, 5) is 28.9. The quantitative estimate of drug-likeness (QED) is 0.837. The maximum Gasteiger partial charge on any atom is 0.416 e. The maximum atomic E-state index is 13.6. The smallest absolute Gasteiger partial charge is 0.338 e. The summed E-state index contributed by atoms with van der Waals surface area (Å²) in [5, 5.41) is 2.79. The topological polar surface area (TPSA) is 52.7 Å². The van der Waals surface area contributed by atoms with E-state index >= 15 is 0 Å². The summed E-state index contributed by atoms with van der Waals surface area (Å²) >= 11 is 0. The van der Waals surface area contributed by atoms with Crippen molar-refractivity contribution >= 4 is 11.9 Å². The molecule has 0 spiro atoms. The van der Waals surface area contributed by atoms with Gasteiger partial charge >= 0.3 is 12.2 Å². The molecule has 152 valence electrons. The lowest BCUT2D eigenvalue weighted by Gasteiger charge is -2.44. The summed E-state index contributed by atoms with van der Waals surface area (Å²) in [5.74, 6) is -0.0921. The first-order valence-electron chi connectivity index (χ1n) is 9.83. The number of fused-ring (bicyclic) bond motifs is 1. The van der Waals surface area contributed by atoms with Crippen LogP contribution in [0.3, 0.4) is 0 Å². The SMILES string of the molecule is O=C1NC[C@H]2CN(C(=O)C3(c4cccc(C(F)(F)F)c4)CCCCC3)CCN12. The predicted molar refractivity (Wildman–Crippen MR) is 96.7 cm³/mol. The Balaban J connectivity index is 1.64. The lowest BCUT2D eigenvalue weighted by Crippen LogP contribution is -2.58. The number of benzene rings is 1. The number of nitrogens with one attached hydrogen (secondary N) is 1. The molecule has 1 atom stereocenters. The van der Waals surface area contributed by atoms with Crippen molar-refractivity contribution in [2.45, 2.75) is 49.7 Å². The largest absolute Gasteiger partial charge is 0.416 e. The zero-order chi connectivity index (χ0) is 19.9. The van der Waals surface area contributed by atoms with Gasteiger partial charge in [-0.05, 0) is 24.5 Å². The van der Waals surface area contributed by atoms with Crippen LogP contribution in [-0.4, -0.2) is 54.0 Å². The van der Waals surface area contributed by atoms with E-state index in [1.807, 2.05) is 0 Å². The van der Waals surface area contributed by atoms with Crippen LogP contribution in [0.1, 0.15) is 43.2 Å². The van der Waals surface area contributed by atoms with Gasteiger partial charge in [0.15, 0.2) is 0 Å². The van der Waals surface area contributed by atoms with Crippen LogP contribution in [0.4, 0.5) is 18.0 Å². The number of hydrogen-bond acceptors (Lipinski definition) is 2. The number of alkyl halides is 3. The second kappa shape index (κ2) is 6.97.